The summed E-state index contributed by atoms with van der Waals surface area (Å²) in [4.78, 5) is 4.30. The lowest BCUT2D eigenvalue weighted by molar-refractivity contribution is 0.628. The Morgan fingerprint density at radius 1 is 1.50 bits per heavy atom. The highest BCUT2D eigenvalue weighted by Gasteiger charge is 2.08. The Morgan fingerprint density at radius 2 is 2.31 bits per heavy atom. The van der Waals surface area contributed by atoms with Crippen molar-refractivity contribution < 1.29 is 4.39 Å². The summed E-state index contributed by atoms with van der Waals surface area (Å²) in [6.07, 6.45) is 1.98. The summed E-state index contributed by atoms with van der Waals surface area (Å²) in [5.41, 5.74) is 3.42. The van der Waals surface area contributed by atoms with Gasteiger partial charge in [-0.15, -0.1) is 0 Å². The van der Waals surface area contributed by atoms with Gasteiger partial charge in [0.2, 0.25) is 0 Å². The van der Waals surface area contributed by atoms with Gasteiger partial charge in [0.1, 0.15) is 5.82 Å². The Labute approximate surface area is 94.2 Å². The Kier molecular flexibility index (Phi) is 2.86. The zero-order valence-electron chi connectivity index (χ0n) is 9.13. The van der Waals surface area contributed by atoms with E-state index in [0.29, 0.717) is 11.4 Å². The lowest BCUT2D eigenvalue weighted by atomic mass is 10.2. The zero-order valence-corrected chi connectivity index (χ0v) is 9.13. The molecule has 0 saturated carbocycles. The van der Waals surface area contributed by atoms with Crippen LogP contribution in [0.3, 0.4) is 0 Å². The predicted molar refractivity (Wildman–Crippen MR) is 65.2 cm³/mol. The van der Waals surface area contributed by atoms with Crippen LogP contribution in [0.5, 0.6) is 0 Å². The molecule has 0 atom stereocenters. The Morgan fingerprint density at radius 3 is 2.94 bits per heavy atom. The monoisotopic (exact) mass is 216 g/mol. The molecule has 1 aromatic rings. The summed E-state index contributed by atoms with van der Waals surface area (Å²) in [7, 11) is 0. The summed E-state index contributed by atoms with van der Waals surface area (Å²) in [6.45, 7) is 6.63. The molecule has 16 heavy (non-hydrogen) atoms. The Hall–Kier alpha value is -1.90. The molecule has 0 bridgehead atoms. The van der Waals surface area contributed by atoms with Gasteiger partial charge < -0.3 is 5.32 Å². The first kappa shape index (κ1) is 10.6. The minimum atomic E-state index is -0.266. The Balaban J connectivity index is 2.09. The molecule has 1 aromatic carbocycles. The second-order valence-electron chi connectivity index (χ2n) is 3.81. The first-order valence-corrected chi connectivity index (χ1v) is 5.08. The van der Waals surface area contributed by atoms with Crippen LogP contribution in [0.4, 0.5) is 10.1 Å². The van der Waals surface area contributed by atoms with Gasteiger partial charge in [-0.1, -0.05) is 12.6 Å². The molecule has 82 valence electrons. The van der Waals surface area contributed by atoms with E-state index in [1.807, 2.05) is 13.0 Å². The quantitative estimate of drug-likeness (QED) is 0.824. The van der Waals surface area contributed by atoms with E-state index >= 15 is 0 Å². The number of nitrogens with zero attached hydrogens (tertiary/aromatic N) is 1. The third-order valence-electron chi connectivity index (χ3n) is 2.31. The maximum absolute atomic E-state index is 12.9. The van der Waals surface area contributed by atoms with E-state index in [1.54, 1.807) is 12.1 Å². The molecule has 1 aliphatic heterocycles. The third kappa shape index (κ3) is 2.37. The van der Waals surface area contributed by atoms with Crippen molar-refractivity contribution in [2.24, 2.45) is 4.99 Å². The lowest BCUT2D eigenvalue weighted by Gasteiger charge is -2.08. The average Bonchev–Trinajstić information content (AvgIpc) is 2.65. The molecule has 0 saturated heterocycles. The van der Waals surface area contributed by atoms with Crippen LogP contribution >= 0.6 is 0 Å². The number of anilines is 1. The van der Waals surface area contributed by atoms with Crippen molar-refractivity contribution in [3.05, 3.63) is 54.0 Å². The minimum Gasteiger partial charge on any atom is -0.354 e. The maximum Gasteiger partial charge on any atom is 0.125 e. The number of benzene rings is 1. The number of halogens is 1. The highest BCUT2D eigenvalue weighted by Crippen LogP contribution is 2.15. The van der Waals surface area contributed by atoms with Crippen molar-refractivity contribution >= 4 is 11.4 Å². The van der Waals surface area contributed by atoms with E-state index < -0.39 is 0 Å². The van der Waals surface area contributed by atoms with E-state index in [1.165, 1.54) is 17.7 Å². The largest absolute Gasteiger partial charge is 0.354 e. The fourth-order valence-electron chi connectivity index (χ4n) is 1.52. The van der Waals surface area contributed by atoms with Crippen LogP contribution in [-0.2, 0) is 0 Å². The van der Waals surface area contributed by atoms with Crippen molar-refractivity contribution in [1.29, 1.82) is 0 Å². The Bertz CT molecular complexity index is 486. The average molecular weight is 216 g/mol. The summed E-state index contributed by atoms with van der Waals surface area (Å²) in [6, 6.07) is 6.28. The summed E-state index contributed by atoms with van der Waals surface area (Å²) in [5, 5.41) is 3.04. The van der Waals surface area contributed by atoms with Crippen molar-refractivity contribution in [2.75, 3.05) is 11.9 Å². The van der Waals surface area contributed by atoms with E-state index in [4.69, 9.17) is 0 Å². The van der Waals surface area contributed by atoms with Gasteiger partial charge in [-0.2, -0.15) is 0 Å². The van der Waals surface area contributed by atoms with E-state index in [2.05, 4.69) is 16.9 Å². The first-order valence-electron chi connectivity index (χ1n) is 5.08. The van der Waals surface area contributed by atoms with E-state index in [9.17, 15) is 4.39 Å². The second-order valence-corrected chi connectivity index (χ2v) is 3.81. The molecule has 0 spiro atoms. The molecule has 1 N–H and O–H groups in total. The number of rotatable bonds is 3. The van der Waals surface area contributed by atoms with Crippen molar-refractivity contribution in [1.82, 2.24) is 0 Å². The van der Waals surface area contributed by atoms with Gasteiger partial charge in [-0.3, -0.25) is 4.99 Å². The second kappa shape index (κ2) is 4.31. The van der Waals surface area contributed by atoms with Crippen molar-refractivity contribution in [2.45, 2.75) is 6.92 Å². The van der Waals surface area contributed by atoms with Gasteiger partial charge in [-0.25, -0.2) is 4.39 Å². The molecule has 0 amide bonds. The molecule has 3 heteroatoms. The predicted octanol–water partition coefficient (Wildman–Crippen LogP) is 3.15. The first-order chi connectivity index (χ1) is 7.65. The molecule has 0 unspecified atom stereocenters. The van der Waals surface area contributed by atoms with Gasteiger partial charge >= 0.3 is 0 Å². The minimum absolute atomic E-state index is 0.266. The van der Waals surface area contributed by atoms with Gasteiger partial charge in [0.05, 0.1) is 18.0 Å². The fourth-order valence-corrected chi connectivity index (χ4v) is 1.52. The SMILES string of the molecule is C=C(Nc1cccc(F)c1)C1=NCC(C)=C1. The highest BCUT2D eigenvalue weighted by molar-refractivity contribution is 6.11. The van der Waals surface area contributed by atoms with Crippen molar-refractivity contribution in [3.8, 4) is 0 Å². The number of allylic oxidation sites excluding steroid dienone is 1. The van der Waals surface area contributed by atoms with Crippen LogP contribution in [0.2, 0.25) is 0 Å². The van der Waals surface area contributed by atoms with Gasteiger partial charge in [0.25, 0.3) is 0 Å². The summed E-state index contributed by atoms with van der Waals surface area (Å²) in [5.74, 6) is -0.266. The van der Waals surface area contributed by atoms with Crippen LogP contribution in [-0.4, -0.2) is 12.3 Å². The van der Waals surface area contributed by atoms with Gasteiger partial charge in [0, 0.05) is 5.69 Å². The van der Waals surface area contributed by atoms with Crippen LogP contribution < -0.4 is 5.32 Å². The molecular formula is C13H13FN2. The lowest BCUT2D eigenvalue weighted by Crippen LogP contribution is -2.06. The molecule has 0 aliphatic carbocycles. The maximum atomic E-state index is 12.9. The number of nitrogens with one attached hydrogen (secondary N) is 1. The van der Waals surface area contributed by atoms with Crippen LogP contribution in [0.25, 0.3) is 0 Å². The molecule has 0 fully saturated rings. The third-order valence-corrected chi connectivity index (χ3v) is 2.31. The van der Waals surface area contributed by atoms with Crippen LogP contribution in [0, 0.1) is 5.82 Å². The number of hydrogen-bond donors (Lipinski definition) is 1. The zero-order chi connectivity index (χ0) is 11.5. The van der Waals surface area contributed by atoms with Crippen LogP contribution in [0.15, 0.2) is 53.2 Å². The molecule has 0 aromatic heterocycles. The smallest absolute Gasteiger partial charge is 0.125 e. The van der Waals surface area contributed by atoms with Crippen molar-refractivity contribution in [3.63, 3.8) is 0 Å². The van der Waals surface area contributed by atoms with Gasteiger partial charge in [0.15, 0.2) is 0 Å². The topological polar surface area (TPSA) is 24.4 Å². The van der Waals surface area contributed by atoms with E-state index in [0.717, 1.165) is 12.3 Å². The number of aliphatic imine (C=N–C) groups is 1. The molecule has 1 aliphatic rings. The van der Waals surface area contributed by atoms with Crippen LogP contribution in [0.1, 0.15) is 6.92 Å². The van der Waals surface area contributed by atoms with E-state index in [-0.39, 0.29) is 5.82 Å². The normalized spacial score (nSPS) is 14.4. The molecule has 2 rings (SSSR count). The highest BCUT2D eigenvalue weighted by atomic mass is 19.1. The fraction of sp³-hybridized carbons (Fsp3) is 0.154. The molecule has 2 nitrogen and oxygen atoms in total. The number of hydrogen-bond acceptors (Lipinski definition) is 2. The standard InChI is InChI=1S/C13H13FN2/c1-9-6-13(15-8-9)10(2)16-12-5-3-4-11(14)7-12/h3-7,16H,2,8H2,1H3. The summed E-state index contributed by atoms with van der Waals surface area (Å²) < 4.78 is 12.9. The van der Waals surface area contributed by atoms with Gasteiger partial charge in [-0.05, 0) is 36.8 Å². The summed E-state index contributed by atoms with van der Waals surface area (Å²) >= 11 is 0. The molecular weight excluding hydrogens is 203 g/mol. The molecule has 1 heterocycles. The molecule has 0 radical (unpaired) electrons.